The van der Waals surface area contributed by atoms with Crippen molar-refractivity contribution in [2.75, 3.05) is 53.0 Å². The van der Waals surface area contributed by atoms with E-state index < -0.39 is 0 Å². The van der Waals surface area contributed by atoms with Crippen molar-refractivity contribution in [3.63, 3.8) is 0 Å². The summed E-state index contributed by atoms with van der Waals surface area (Å²) in [4.78, 5) is 35.0. The molecule has 4 rings (SSSR count). The number of carbonyl (C=O) groups excluding carboxylic acids is 2. The van der Waals surface area contributed by atoms with Crippen LogP contribution in [0.1, 0.15) is 18.4 Å². The number of benzene rings is 1. The van der Waals surface area contributed by atoms with Crippen LogP contribution in [0.5, 0.6) is 0 Å². The molecule has 7 heteroatoms. The molecule has 2 aliphatic rings. The molecule has 1 aromatic carbocycles. The van der Waals surface area contributed by atoms with Gasteiger partial charge in [0.05, 0.1) is 19.1 Å². The summed E-state index contributed by atoms with van der Waals surface area (Å²) in [7, 11) is 1.66. The second-order valence-corrected chi connectivity index (χ2v) is 7.93. The van der Waals surface area contributed by atoms with Gasteiger partial charge in [-0.25, -0.2) is 0 Å². The van der Waals surface area contributed by atoms with Gasteiger partial charge in [0, 0.05) is 63.5 Å². The first kappa shape index (κ1) is 19.9. The average Bonchev–Trinajstić information content (AvgIpc) is 3.20. The number of aromatic amines is 1. The van der Waals surface area contributed by atoms with Crippen molar-refractivity contribution in [2.45, 2.75) is 25.3 Å². The molecule has 0 spiro atoms. The van der Waals surface area contributed by atoms with Gasteiger partial charge in [-0.2, -0.15) is 0 Å². The molecule has 1 N–H and O–H groups in total. The second kappa shape index (κ2) is 8.97. The highest BCUT2D eigenvalue weighted by Gasteiger charge is 2.36. The lowest BCUT2D eigenvalue weighted by atomic mass is 10.1. The Morgan fingerprint density at radius 2 is 2.03 bits per heavy atom. The van der Waals surface area contributed by atoms with Gasteiger partial charge in [0.1, 0.15) is 0 Å². The number of H-pyrrole nitrogens is 1. The number of likely N-dealkylation sites (tertiary alicyclic amines) is 1. The third-order valence-corrected chi connectivity index (χ3v) is 6.18. The maximum Gasteiger partial charge on any atom is 0.240 e. The maximum atomic E-state index is 12.9. The zero-order valence-electron chi connectivity index (χ0n) is 17.1. The van der Waals surface area contributed by atoms with Crippen molar-refractivity contribution < 1.29 is 14.3 Å². The third kappa shape index (κ3) is 4.31. The van der Waals surface area contributed by atoms with Gasteiger partial charge in [0.25, 0.3) is 0 Å². The summed E-state index contributed by atoms with van der Waals surface area (Å²) in [5.74, 6) is 0.372. The van der Waals surface area contributed by atoms with Crippen molar-refractivity contribution in [2.24, 2.45) is 0 Å². The molecule has 0 saturated carbocycles. The maximum absolute atomic E-state index is 12.9. The number of nitrogens with one attached hydrogen (secondary N) is 1. The van der Waals surface area contributed by atoms with Crippen LogP contribution in [0.25, 0.3) is 10.9 Å². The molecular formula is C22H30N4O3. The molecule has 7 nitrogen and oxygen atoms in total. The van der Waals surface area contributed by atoms with Crippen LogP contribution in [0.2, 0.25) is 0 Å². The zero-order chi connectivity index (χ0) is 20.2. The fraction of sp³-hybridized carbons (Fsp3) is 0.545. The van der Waals surface area contributed by atoms with Crippen LogP contribution in [0.3, 0.4) is 0 Å². The Balaban J connectivity index is 1.34. The Kier molecular flexibility index (Phi) is 6.16. The summed E-state index contributed by atoms with van der Waals surface area (Å²) in [6, 6.07) is 8.04. The number of methoxy groups -OCH3 is 1. The number of amides is 2. The summed E-state index contributed by atoms with van der Waals surface area (Å²) in [5, 5.41) is 1.12. The molecule has 2 aliphatic heterocycles. The van der Waals surface area contributed by atoms with Gasteiger partial charge in [-0.3, -0.25) is 14.5 Å². The van der Waals surface area contributed by atoms with E-state index in [0.29, 0.717) is 26.1 Å². The van der Waals surface area contributed by atoms with Gasteiger partial charge in [0.2, 0.25) is 11.8 Å². The summed E-state index contributed by atoms with van der Waals surface area (Å²) in [6.45, 7) is 5.10. The minimum atomic E-state index is -0.0458. The highest BCUT2D eigenvalue weighted by molar-refractivity contribution is 5.89. The molecule has 29 heavy (non-hydrogen) atoms. The van der Waals surface area contributed by atoms with E-state index >= 15 is 0 Å². The molecule has 2 fully saturated rings. The van der Waals surface area contributed by atoms with Crippen molar-refractivity contribution in [1.82, 2.24) is 19.7 Å². The van der Waals surface area contributed by atoms with Gasteiger partial charge in [-0.05, 0) is 24.5 Å². The van der Waals surface area contributed by atoms with E-state index in [1.165, 1.54) is 0 Å². The highest BCUT2D eigenvalue weighted by atomic mass is 16.5. The minimum absolute atomic E-state index is 0.0458. The summed E-state index contributed by atoms with van der Waals surface area (Å²) in [6.07, 6.45) is 4.13. The van der Waals surface area contributed by atoms with Gasteiger partial charge >= 0.3 is 0 Å². The first-order valence-electron chi connectivity index (χ1n) is 10.5. The molecule has 2 amide bonds. The number of ether oxygens (including phenoxy) is 1. The number of nitrogens with zero attached hydrogens (tertiary/aromatic N) is 3. The number of para-hydroxylation sites is 1. The average molecular weight is 399 g/mol. The quantitative estimate of drug-likeness (QED) is 0.801. The number of rotatable bonds is 6. The Hall–Kier alpha value is -2.38. The van der Waals surface area contributed by atoms with Gasteiger partial charge in [-0.15, -0.1) is 0 Å². The van der Waals surface area contributed by atoms with E-state index in [1.807, 2.05) is 34.2 Å². The van der Waals surface area contributed by atoms with Crippen LogP contribution in [0, 0.1) is 0 Å². The molecule has 2 aromatic rings. The largest absolute Gasteiger partial charge is 0.383 e. The van der Waals surface area contributed by atoms with E-state index in [1.54, 1.807) is 7.11 Å². The van der Waals surface area contributed by atoms with Crippen LogP contribution < -0.4 is 0 Å². The highest BCUT2D eigenvalue weighted by Crippen LogP contribution is 2.21. The predicted molar refractivity (Wildman–Crippen MR) is 112 cm³/mol. The summed E-state index contributed by atoms with van der Waals surface area (Å²) < 4.78 is 5.11. The Morgan fingerprint density at radius 1 is 1.17 bits per heavy atom. The lowest BCUT2D eigenvalue weighted by molar-refractivity contribution is -0.132. The summed E-state index contributed by atoms with van der Waals surface area (Å²) in [5.41, 5.74) is 2.11. The zero-order valence-corrected chi connectivity index (χ0v) is 17.1. The molecule has 0 unspecified atom stereocenters. The van der Waals surface area contributed by atoms with E-state index in [2.05, 4.69) is 16.0 Å². The van der Waals surface area contributed by atoms with Crippen LogP contribution in [-0.4, -0.2) is 90.5 Å². The molecule has 1 atom stereocenters. The smallest absolute Gasteiger partial charge is 0.240 e. The van der Waals surface area contributed by atoms with Crippen LogP contribution in [0.4, 0.5) is 0 Å². The van der Waals surface area contributed by atoms with Crippen LogP contribution in [0.15, 0.2) is 30.5 Å². The normalized spacial score (nSPS) is 21.1. The predicted octanol–water partition coefficient (Wildman–Crippen LogP) is 1.49. The van der Waals surface area contributed by atoms with Crippen LogP contribution >= 0.6 is 0 Å². The Bertz CT molecular complexity index is 865. The van der Waals surface area contributed by atoms with Crippen molar-refractivity contribution in [3.05, 3.63) is 36.0 Å². The minimum Gasteiger partial charge on any atom is -0.383 e. The van der Waals surface area contributed by atoms with Crippen molar-refractivity contribution in [1.29, 1.82) is 0 Å². The van der Waals surface area contributed by atoms with Crippen molar-refractivity contribution >= 4 is 22.7 Å². The fourth-order valence-corrected chi connectivity index (χ4v) is 4.54. The fourth-order valence-electron chi connectivity index (χ4n) is 4.54. The molecule has 3 heterocycles. The molecule has 156 valence electrons. The second-order valence-electron chi connectivity index (χ2n) is 7.93. The molecule has 0 radical (unpaired) electrons. The Labute approximate surface area is 171 Å². The number of aromatic nitrogens is 1. The van der Waals surface area contributed by atoms with E-state index in [-0.39, 0.29) is 17.9 Å². The monoisotopic (exact) mass is 398 g/mol. The standard InChI is InChI=1S/C22H30N4O3/c1-29-14-13-26-10-7-20(22(26)28)24-8-4-9-25(12-11-24)21(27)15-17-16-23-19-6-3-2-5-18(17)19/h2-3,5-6,16,20,23H,4,7-15H2,1H3/t20-/m1/s1. The van der Waals surface area contributed by atoms with Gasteiger partial charge < -0.3 is 19.5 Å². The van der Waals surface area contributed by atoms with E-state index in [0.717, 1.165) is 55.5 Å². The molecule has 2 saturated heterocycles. The first-order chi connectivity index (χ1) is 14.2. The lowest BCUT2D eigenvalue weighted by Crippen LogP contribution is -2.44. The Morgan fingerprint density at radius 3 is 2.90 bits per heavy atom. The molecule has 1 aromatic heterocycles. The van der Waals surface area contributed by atoms with Gasteiger partial charge in [0.15, 0.2) is 0 Å². The first-order valence-corrected chi connectivity index (χ1v) is 10.5. The lowest BCUT2D eigenvalue weighted by Gasteiger charge is -2.26. The van der Waals surface area contributed by atoms with Gasteiger partial charge in [-0.1, -0.05) is 18.2 Å². The molecular weight excluding hydrogens is 368 g/mol. The summed E-state index contributed by atoms with van der Waals surface area (Å²) >= 11 is 0. The van der Waals surface area contributed by atoms with Crippen LogP contribution in [-0.2, 0) is 20.7 Å². The topological polar surface area (TPSA) is 68.9 Å². The van der Waals surface area contributed by atoms with E-state index in [9.17, 15) is 9.59 Å². The SMILES string of the molecule is COCCN1CC[C@@H](N2CCCN(C(=O)Cc3c[nH]c4ccccc34)CC2)C1=O. The number of fused-ring (bicyclic) bond motifs is 1. The molecule has 0 bridgehead atoms. The van der Waals surface area contributed by atoms with E-state index in [4.69, 9.17) is 4.74 Å². The number of hydrogen-bond acceptors (Lipinski definition) is 4. The third-order valence-electron chi connectivity index (χ3n) is 6.18. The molecule has 0 aliphatic carbocycles. The van der Waals surface area contributed by atoms with Crippen molar-refractivity contribution in [3.8, 4) is 0 Å². The number of carbonyl (C=O) groups is 2. The number of hydrogen-bond donors (Lipinski definition) is 1.